The second kappa shape index (κ2) is 7.00. The van der Waals surface area contributed by atoms with Crippen LogP contribution in [-0.2, 0) is 22.4 Å². The van der Waals surface area contributed by atoms with Gasteiger partial charge < -0.3 is 15.2 Å². The number of ether oxygens (including phenoxy) is 1. The largest absolute Gasteiger partial charge is 0.493 e. The predicted molar refractivity (Wildman–Crippen MR) is 91.1 cm³/mol. The van der Waals surface area contributed by atoms with E-state index in [-0.39, 0.29) is 5.91 Å². The molecular weight excluding hydrogens is 306 g/mol. The maximum Gasteiger partial charge on any atom is 0.328 e. The van der Waals surface area contributed by atoms with Crippen LogP contribution in [0.2, 0.25) is 0 Å². The molecule has 5 heteroatoms. The monoisotopic (exact) mass is 323 g/mol. The van der Waals surface area contributed by atoms with Gasteiger partial charge in [-0.05, 0) is 41.0 Å². The van der Waals surface area contributed by atoms with Crippen molar-refractivity contribution in [2.45, 2.75) is 12.8 Å². The van der Waals surface area contributed by atoms with Crippen molar-refractivity contribution in [2.24, 2.45) is 0 Å². The average molecular weight is 323 g/mol. The van der Waals surface area contributed by atoms with Gasteiger partial charge in [-0.2, -0.15) is 0 Å². The smallest absolute Gasteiger partial charge is 0.328 e. The first-order chi connectivity index (χ1) is 11.6. The molecule has 0 saturated carbocycles. The topological polar surface area (TPSA) is 75.6 Å². The van der Waals surface area contributed by atoms with Gasteiger partial charge in [0, 0.05) is 18.2 Å². The van der Waals surface area contributed by atoms with Crippen LogP contribution in [0.15, 0.2) is 48.5 Å². The normalized spacial score (nSPS) is 12.7. The van der Waals surface area contributed by atoms with E-state index in [4.69, 9.17) is 9.84 Å². The molecule has 0 aliphatic carbocycles. The molecule has 5 nitrogen and oxygen atoms in total. The lowest BCUT2D eigenvalue weighted by Gasteiger charge is -2.07. The quantitative estimate of drug-likeness (QED) is 0.830. The molecule has 0 atom stereocenters. The van der Waals surface area contributed by atoms with Crippen LogP contribution in [0.5, 0.6) is 5.75 Å². The summed E-state index contributed by atoms with van der Waals surface area (Å²) in [4.78, 5) is 22.6. The number of carbonyl (C=O) groups is 2. The Morgan fingerprint density at radius 1 is 1.17 bits per heavy atom. The number of fused-ring (bicyclic) bond motifs is 1. The molecule has 0 bridgehead atoms. The molecule has 24 heavy (non-hydrogen) atoms. The number of hydrogen-bond acceptors (Lipinski definition) is 3. The van der Waals surface area contributed by atoms with E-state index in [0.717, 1.165) is 34.9 Å². The van der Waals surface area contributed by atoms with Crippen LogP contribution in [0.1, 0.15) is 16.7 Å². The van der Waals surface area contributed by atoms with Gasteiger partial charge in [0.25, 0.3) is 0 Å². The Bertz CT molecular complexity index is 794. The summed E-state index contributed by atoms with van der Waals surface area (Å²) in [5.41, 5.74) is 3.54. The molecule has 3 rings (SSSR count). The first kappa shape index (κ1) is 15.8. The third-order valence-corrected chi connectivity index (χ3v) is 3.73. The van der Waals surface area contributed by atoms with Crippen molar-refractivity contribution in [3.63, 3.8) is 0 Å². The number of carboxylic acid groups (broad SMARTS) is 1. The van der Waals surface area contributed by atoms with Gasteiger partial charge in [-0.15, -0.1) is 0 Å². The Kier molecular flexibility index (Phi) is 4.61. The summed E-state index contributed by atoms with van der Waals surface area (Å²) < 4.78 is 5.46. The van der Waals surface area contributed by atoms with Crippen LogP contribution < -0.4 is 10.1 Å². The van der Waals surface area contributed by atoms with E-state index in [0.29, 0.717) is 18.7 Å². The van der Waals surface area contributed by atoms with E-state index < -0.39 is 5.97 Å². The van der Waals surface area contributed by atoms with Gasteiger partial charge in [0.05, 0.1) is 13.0 Å². The summed E-state index contributed by atoms with van der Waals surface area (Å²) in [7, 11) is 0. The number of carboxylic acids is 1. The number of hydrogen-bond donors (Lipinski definition) is 2. The molecule has 1 aliphatic rings. The molecular formula is C19H17NO4. The van der Waals surface area contributed by atoms with Crippen LogP contribution in [0.25, 0.3) is 6.08 Å². The number of aliphatic carboxylic acids is 1. The van der Waals surface area contributed by atoms with Gasteiger partial charge in [-0.3, -0.25) is 4.79 Å². The SMILES string of the molecule is O=C(O)/C=C/c1ccc(NC(=O)Cc2ccc3c(c2)CCO3)cc1. The van der Waals surface area contributed by atoms with Crippen LogP contribution in [0.4, 0.5) is 5.69 Å². The van der Waals surface area contributed by atoms with E-state index in [2.05, 4.69) is 5.32 Å². The molecule has 122 valence electrons. The molecule has 2 N–H and O–H groups in total. The highest BCUT2D eigenvalue weighted by molar-refractivity contribution is 5.92. The molecule has 0 unspecified atom stereocenters. The van der Waals surface area contributed by atoms with E-state index in [9.17, 15) is 9.59 Å². The number of benzene rings is 2. The minimum Gasteiger partial charge on any atom is -0.493 e. The summed E-state index contributed by atoms with van der Waals surface area (Å²) in [5, 5.41) is 11.4. The summed E-state index contributed by atoms with van der Waals surface area (Å²) in [6.45, 7) is 0.702. The first-order valence-electron chi connectivity index (χ1n) is 7.66. The number of carbonyl (C=O) groups excluding carboxylic acids is 1. The Labute approximate surface area is 139 Å². The van der Waals surface area contributed by atoms with Crippen LogP contribution >= 0.6 is 0 Å². The van der Waals surface area contributed by atoms with Gasteiger partial charge in [0.2, 0.25) is 5.91 Å². The van der Waals surface area contributed by atoms with Crippen molar-refractivity contribution in [3.05, 3.63) is 65.2 Å². The second-order valence-corrected chi connectivity index (χ2v) is 5.56. The summed E-state index contributed by atoms with van der Waals surface area (Å²) in [5.74, 6) is -0.181. The van der Waals surface area contributed by atoms with Crippen molar-refractivity contribution < 1.29 is 19.4 Å². The van der Waals surface area contributed by atoms with Crippen molar-refractivity contribution in [1.29, 1.82) is 0 Å². The molecule has 2 aromatic rings. The van der Waals surface area contributed by atoms with Crippen LogP contribution in [-0.4, -0.2) is 23.6 Å². The molecule has 1 heterocycles. The molecule has 1 amide bonds. The van der Waals surface area contributed by atoms with Crippen molar-refractivity contribution in [1.82, 2.24) is 0 Å². The van der Waals surface area contributed by atoms with Crippen molar-refractivity contribution in [3.8, 4) is 5.75 Å². The fourth-order valence-electron chi connectivity index (χ4n) is 2.59. The lowest BCUT2D eigenvalue weighted by Crippen LogP contribution is -2.14. The van der Waals surface area contributed by atoms with E-state index in [1.54, 1.807) is 24.3 Å². The Morgan fingerprint density at radius 3 is 2.71 bits per heavy atom. The minimum absolute atomic E-state index is 0.0947. The fraction of sp³-hybridized carbons (Fsp3) is 0.158. The third-order valence-electron chi connectivity index (χ3n) is 3.73. The third kappa shape index (κ3) is 4.01. The second-order valence-electron chi connectivity index (χ2n) is 5.56. The average Bonchev–Trinajstić information content (AvgIpc) is 3.01. The van der Waals surface area contributed by atoms with E-state index in [1.807, 2.05) is 18.2 Å². The van der Waals surface area contributed by atoms with Crippen LogP contribution in [0.3, 0.4) is 0 Å². The summed E-state index contributed by atoms with van der Waals surface area (Å²) >= 11 is 0. The number of amides is 1. The number of rotatable bonds is 5. The van der Waals surface area contributed by atoms with Gasteiger partial charge in [0.1, 0.15) is 5.75 Å². The van der Waals surface area contributed by atoms with Gasteiger partial charge >= 0.3 is 5.97 Å². The van der Waals surface area contributed by atoms with Crippen molar-refractivity contribution >= 4 is 23.6 Å². The highest BCUT2D eigenvalue weighted by atomic mass is 16.5. The maximum absolute atomic E-state index is 12.1. The zero-order chi connectivity index (χ0) is 16.9. The Balaban J connectivity index is 1.59. The van der Waals surface area contributed by atoms with Crippen molar-refractivity contribution in [2.75, 3.05) is 11.9 Å². The highest BCUT2D eigenvalue weighted by Crippen LogP contribution is 2.26. The molecule has 0 spiro atoms. The van der Waals surface area contributed by atoms with E-state index >= 15 is 0 Å². The van der Waals surface area contributed by atoms with Gasteiger partial charge in [-0.25, -0.2) is 4.79 Å². The zero-order valence-electron chi connectivity index (χ0n) is 13.0. The molecule has 0 saturated heterocycles. The van der Waals surface area contributed by atoms with Gasteiger partial charge in [-0.1, -0.05) is 24.3 Å². The van der Waals surface area contributed by atoms with Gasteiger partial charge in [0.15, 0.2) is 0 Å². The highest BCUT2D eigenvalue weighted by Gasteiger charge is 2.13. The van der Waals surface area contributed by atoms with Crippen LogP contribution in [0, 0.1) is 0 Å². The molecule has 1 aliphatic heterocycles. The predicted octanol–water partition coefficient (Wildman–Crippen LogP) is 2.90. The minimum atomic E-state index is -0.993. The zero-order valence-corrected chi connectivity index (χ0v) is 13.0. The standard InChI is InChI=1S/C19H17NO4/c21-18(12-14-3-7-17-15(11-14)9-10-24-17)20-16-5-1-13(2-6-16)4-8-19(22)23/h1-8,11H,9-10,12H2,(H,20,21)(H,22,23)/b8-4+. The number of anilines is 1. The number of nitrogens with one attached hydrogen (secondary N) is 1. The summed E-state index contributed by atoms with van der Waals surface area (Å²) in [6, 6.07) is 12.8. The summed E-state index contributed by atoms with van der Waals surface area (Å²) in [6.07, 6.45) is 3.76. The lowest BCUT2D eigenvalue weighted by molar-refractivity contribution is -0.131. The Hall–Kier alpha value is -3.08. The fourth-order valence-corrected chi connectivity index (χ4v) is 2.59. The first-order valence-corrected chi connectivity index (χ1v) is 7.66. The maximum atomic E-state index is 12.1. The molecule has 0 radical (unpaired) electrons. The lowest BCUT2D eigenvalue weighted by atomic mass is 10.1. The molecule has 2 aromatic carbocycles. The van der Waals surface area contributed by atoms with E-state index in [1.165, 1.54) is 6.08 Å². The Morgan fingerprint density at radius 2 is 1.96 bits per heavy atom. The molecule has 0 fully saturated rings. The molecule has 0 aromatic heterocycles.